The second-order valence-corrected chi connectivity index (χ2v) is 4.97. The number of benzene rings is 1. The quantitative estimate of drug-likeness (QED) is 0.859. The third-order valence-electron chi connectivity index (χ3n) is 2.72. The predicted molar refractivity (Wildman–Crippen MR) is 72.1 cm³/mol. The summed E-state index contributed by atoms with van der Waals surface area (Å²) in [4.78, 5) is 0.496. The van der Waals surface area contributed by atoms with E-state index in [4.69, 9.17) is 39.0 Å². The number of fused-ring (bicyclic) bond motifs is 1. The van der Waals surface area contributed by atoms with Crippen LogP contribution in [-0.4, -0.2) is 18.2 Å². The molecule has 3 nitrogen and oxygen atoms in total. The number of nitrogens with two attached hydrogens (primary N) is 1. The molecular formula is C12H14ClNO2S. The first kappa shape index (κ1) is 12.5. The fourth-order valence-electron chi connectivity index (χ4n) is 1.69. The molecule has 1 aliphatic rings. The number of hydrogen-bond acceptors (Lipinski definition) is 3. The van der Waals surface area contributed by atoms with Gasteiger partial charge in [0, 0.05) is 17.0 Å². The van der Waals surface area contributed by atoms with Crippen molar-refractivity contribution >= 4 is 28.8 Å². The molecule has 17 heavy (non-hydrogen) atoms. The topological polar surface area (TPSA) is 44.5 Å². The lowest BCUT2D eigenvalue weighted by Gasteiger charge is -2.20. The highest BCUT2D eigenvalue weighted by Gasteiger charge is 2.17. The zero-order valence-corrected chi connectivity index (χ0v) is 11.1. The van der Waals surface area contributed by atoms with Gasteiger partial charge in [-0.1, -0.05) is 30.7 Å². The van der Waals surface area contributed by atoms with Crippen LogP contribution in [0.1, 0.15) is 12.5 Å². The molecule has 0 radical (unpaired) electrons. The summed E-state index contributed by atoms with van der Waals surface area (Å²) in [7, 11) is 0. The van der Waals surface area contributed by atoms with Gasteiger partial charge < -0.3 is 15.2 Å². The van der Waals surface area contributed by atoms with E-state index in [9.17, 15) is 0 Å². The van der Waals surface area contributed by atoms with Crippen LogP contribution in [-0.2, 0) is 6.42 Å². The van der Waals surface area contributed by atoms with Gasteiger partial charge in [-0.15, -0.1) is 0 Å². The molecule has 2 rings (SSSR count). The SMILES string of the molecule is CC(Cc1cc2c(cc1Cl)OCCO2)C(N)=S. The van der Waals surface area contributed by atoms with Gasteiger partial charge in [-0.25, -0.2) is 0 Å². The molecule has 0 aliphatic carbocycles. The highest BCUT2D eigenvalue weighted by atomic mass is 35.5. The van der Waals surface area contributed by atoms with Crippen LogP contribution in [0.2, 0.25) is 5.02 Å². The van der Waals surface area contributed by atoms with Crippen molar-refractivity contribution in [3.05, 3.63) is 22.7 Å². The average molecular weight is 272 g/mol. The summed E-state index contributed by atoms with van der Waals surface area (Å²) in [5, 5.41) is 0.664. The number of hydrogen-bond donors (Lipinski definition) is 1. The Morgan fingerprint density at radius 2 is 2.00 bits per heavy atom. The summed E-state index contributed by atoms with van der Waals surface area (Å²) in [6.45, 7) is 3.11. The minimum Gasteiger partial charge on any atom is -0.486 e. The standard InChI is InChI=1S/C12H14ClNO2S/c1-7(12(14)17)4-8-5-10-11(6-9(8)13)16-3-2-15-10/h5-7H,2-4H2,1H3,(H2,14,17). The van der Waals surface area contributed by atoms with Gasteiger partial charge in [0.25, 0.3) is 0 Å². The summed E-state index contributed by atoms with van der Waals surface area (Å²) in [6, 6.07) is 3.70. The molecule has 1 aromatic carbocycles. The van der Waals surface area contributed by atoms with Crippen LogP contribution in [0.5, 0.6) is 11.5 Å². The van der Waals surface area contributed by atoms with Crippen molar-refractivity contribution < 1.29 is 9.47 Å². The Balaban J connectivity index is 2.25. The molecule has 0 fully saturated rings. The molecule has 1 unspecified atom stereocenters. The molecule has 0 spiro atoms. The highest BCUT2D eigenvalue weighted by molar-refractivity contribution is 7.80. The van der Waals surface area contributed by atoms with E-state index in [1.54, 1.807) is 6.07 Å². The fourth-order valence-corrected chi connectivity index (χ4v) is 2.01. The van der Waals surface area contributed by atoms with E-state index in [0.717, 1.165) is 11.3 Å². The zero-order chi connectivity index (χ0) is 12.4. The number of rotatable bonds is 3. The normalized spacial score (nSPS) is 15.4. The van der Waals surface area contributed by atoms with Gasteiger partial charge in [-0.2, -0.15) is 0 Å². The van der Waals surface area contributed by atoms with Crippen molar-refractivity contribution in [1.29, 1.82) is 0 Å². The molecule has 0 saturated heterocycles. The van der Waals surface area contributed by atoms with Crippen LogP contribution in [0.25, 0.3) is 0 Å². The maximum absolute atomic E-state index is 6.19. The van der Waals surface area contributed by atoms with Crippen LogP contribution in [0.3, 0.4) is 0 Å². The second kappa shape index (κ2) is 5.10. The molecule has 0 amide bonds. The van der Waals surface area contributed by atoms with E-state index in [1.807, 2.05) is 13.0 Å². The van der Waals surface area contributed by atoms with Gasteiger partial charge >= 0.3 is 0 Å². The molecular weight excluding hydrogens is 258 g/mol. The van der Waals surface area contributed by atoms with Gasteiger partial charge in [0.1, 0.15) is 13.2 Å². The van der Waals surface area contributed by atoms with Gasteiger partial charge in [0.2, 0.25) is 0 Å². The third-order valence-corrected chi connectivity index (χ3v) is 3.48. The van der Waals surface area contributed by atoms with E-state index in [0.29, 0.717) is 35.4 Å². The second-order valence-electron chi connectivity index (χ2n) is 4.09. The first-order valence-corrected chi connectivity index (χ1v) is 6.24. The summed E-state index contributed by atoms with van der Waals surface area (Å²) in [5.74, 6) is 1.56. The number of thiocarbonyl (C=S) groups is 1. The van der Waals surface area contributed by atoms with Crippen molar-refractivity contribution in [2.24, 2.45) is 11.7 Å². The van der Waals surface area contributed by atoms with E-state index >= 15 is 0 Å². The van der Waals surface area contributed by atoms with Crippen molar-refractivity contribution in [1.82, 2.24) is 0 Å². The summed E-state index contributed by atoms with van der Waals surface area (Å²) in [5.41, 5.74) is 6.59. The van der Waals surface area contributed by atoms with Gasteiger partial charge in [0.15, 0.2) is 11.5 Å². The van der Waals surface area contributed by atoms with Crippen LogP contribution < -0.4 is 15.2 Å². The molecule has 5 heteroatoms. The van der Waals surface area contributed by atoms with Gasteiger partial charge in [0.05, 0.1) is 4.99 Å². The van der Waals surface area contributed by atoms with Crippen LogP contribution in [0.15, 0.2) is 12.1 Å². The van der Waals surface area contributed by atoms with E-state index in [-0.39, 0.29) is 5.92 Å². The Morgan fingerprint density at radius 1 is 1.41 bits per heavy atom. The largest absolute Gasteiger partial charge is 0.486 e. The first-order chi connectivity index (χ1) is 8.08. The lowest BCUT2D eigenvalue weighted by molar-refractivity contribution is 0.171. The molecule has 0 aromatic heterocycles. The maximum atomic E-state index is 6.19. The predicted octanol–water partition coefficient (Wildman–Crippen LogP) is 2.58. The minimum atomic E-state index is 0.116. The Bertz CT molecular complexity index is 450. The van der Waals surface area contributed by atoms with Gasteiger partial charge in [-0.3, -0.25) is 0 Å². The molecule has 0 bridgehead atoms. The lowest BCUT2D eigenvalue weighted by Crippen LogP contribution is -2.20. The number of ether oxygens (including phenoxy) is 2. The summed E-state index contributed by atoms with van der Waals surface area (Å²) in [6.07, 6.45) is 0.713. The Morgan fingerprint density at radius 3 is 2.59 bits per heavy atom. The van der Waals surface area contributed by atoms with E-state index < -0.39 is 0 Å². The Labute approximate surface area is 111 Å². The number of halogens is 1. The monoisotopic (exact) mass is 271 g/mol. The molecule has 1 aromatic rings. The first-order valence-electron chi connectivity index (χ1n) is 5.45. The van der Waals surface area contributed by atoms with Crippen molar-refractivity contribution in [3.8, 4) is 11.5 Å². The Kier molecular flexibility index (Phi) is 3.74. The van der Waals surface area contributed by atoms with Crippen LogP contribution >= 0.6 is 23.8 Å². The van der Waals surface area contributed by atoms with Gasteiger partial charge in [-0.05, 0) is 18.1 Å². The molecule has 92 valence electrons. The van der Waals surface area contributed by atoms with Crippen LogP contribution in [0, 0.1) is 5.92 Å². The van der Waals surface area contributed by atoms with Crippen LogP contribution in [0.4, 0.5) is 0 Å². The molecule has 2 N–H and O–H groups in total. The van der Waals surface area contributed by atoms with Crippen molar-refractivity contribution in [2.75, 3.05) is 13.2 Å². The highest BCUT2D eigenvalue weighted by Crippen LogP contribution is 2.36. The van der Waals surface area contributed by atoms with E-state index in [2.05, 4.69) is 0 Å². The zero-order valence-electron chi connectivity index (χ0n) is 9.53. The van der Waals surface area contributed by atoms with E-state index in [1.165, 1.54) is 0 Å². The lowest BCUT2D eigenvalue weighted by atomic mass is 10.0. The fraction of sp³-hybridized carbons (Fsp3) is 0.417. The summed E-state index contributed by atoms with van der Waals surface area (Å²) >= 11 is 11.2. The van der Waals surface area contributed by atoms with Crippen molar-refractivity contribution in [3.63, 3.8) is 0 Å². The summed E-state index contributed by atoms with van der Waals surface area (Å²) < 4.78 is 11.0. The average Bonchev–Trinajstić information content (AvgIpc) is 2.29. The molecule has 1 atom stereocenters. The Hall–Kier alpha value is -1.00. The smallest absolute Gasteiger partial charge is 0.162 e. The molecule has 0 saturated carbocycles. The molecule has 1 aliphatic heterocycles. The minimum absolute atomic E-state index is 0.116. The third kappa shape index (κ3) is 2.82. The van der Waals surface area contributed by atoms with Crippen molar-refractivity contribution in [2.45, 2.75) is 13.3 Å². The maximum Gasteiger partial charge on any atom is 0.162 e. The molecule has 1 heterocycles.